The summed E-state index contributed by atoms with van der Waals surface area (Å²) in [5.41, 5.74) is 8.21. The van der Waals surface area contributed by atoms with Crippen LogP contribution in [0.15, 0.2) is 24.3 Å². The summed E-state index contributed by atoms with van der Waals surface area (Å²) in [6.07, 6.45) is 2.32. The van der Waals surface area contributed by atoms with Gasteiger partial charge in [-0.2, -0.15) is 0 Å². The number of hydrogen-bond donors (Lipinski definition) is 2. The van der Waals surface area contributed by atoms with E-state index in [1.165, 1.54) is 5.56 Å². The summed E-state index contributed by atoms with van der Waals surface area (Å²) >= 11 is 0. The molecule has 18 heavy (non-hydrogen) atoms. The molecular weight excluding hydrogens is 224 g/mol. The van der Waals surface area contributed by atoms with E-state index >= 15 is 0 Å². The van der Waals surface area contributed by atoms with E-state index in [9.17, 15) is 4.79 Å². The van der Waals surface area contributed by atoms with Gasteiger partial charge in [0.1, 0.15) is 0 Å². The molecular formula is C15H24N2O. The van der Waals surface area contributed by atoms with Crippen LogP contribution in [0.25, 0.3) is 0 Å². The van der Waals surface area contributed by atoms with Gasteiger partial charge in [-0.05, 0) is 25.8 Å². The second-order valence-electron chi connectivity index (χ2n) is 4.95. The van der Waals surface area contributed by atoms with E-state index < -0.39 is 0 Å². The smallest absolute Gasteiger partial charge is 0.222 e. The van der Waals surface area contributed by atoms with Crippen LogP contribution in [0.5, 0.6) is 0 Å². The molecule has 0 spiro atoms. The molecule has 0 heterocycles. The Kier molecular flexibility index (Phi) is 5.86. The third-order valence-electron chi connectivity index (χ3n) is 3.06. The molecule has 0 aliphatic carbocycles. The highest BCUT2D eigenvalue weighted by molar-refractivity contribution is 5.77. The first-order chi connectivity index (χ1) is 8.52. The van der Waals surface area contributed by atoms with Gasteiger partial charge in [-0.1, -0.05) is 43.2 Å². The van der Waals surface area contributed by atoms with Crippen molar-refractivity contribution in [2.45, 2.75) is 52.1 Å². The maximum Gasteiger partial charge on any atom is 0.222 e. The molecule has 3 N–H and O–H groups in total. The first-order valence-corrected chi connectivity index (χ1v) is 6.64. The zero-order chi connectivity index (χ0) is 13.5. The van der Waals surface area contributed by atoms with Gasteiger partial charge < -0.3 is 11.1 Å². The van der Waals surface area contributed by atoms with Gasteiger partial charge in [0.25, 0.3) is 0 Å². The van der Waals surface area contributed by atoms with Crippen molar-refractivity contribution in [1.82, 2.24) is 5.32 Å². The van der Waals surface area contributed by atoms with Crippen molar-refractivity contribution in [2.75, 3.05) is 0 Å². The quantitative estimate of drug-likeness (QED) is 0.813. The number of carbonyl (C=O) groups excluding carboxylic acids is 1. The minimum atomic E-state index is -0.0276. The molecule has 1 amide bonds. The van der Waals surface area contributed by atoms with Crippen LogP contribution in [0.3, 0.4) is 0 Å². The van der Waals surface area contributed by atoms with Crippen molar-refractivity contribution >= 4 is 5.91 Å². The highest BCUT2D eigenvalue weighted by Gasteiger charge is 2.12. The highest BCUT2D eigenvalue weighted by Crippen LogP contribution is 2.13. The van der Waals surface area contributed by atoms with E-state index in [1.54, 1.807) is 0 Å². The molecule has 0 saturated carbocycles. The van der Waals surface area contributed by atoms with E-state index in [0.717, 1.165) is 18.4 Å². The second kappa shape index (κ2) is 7.17. The Hall–Kier alpha value is -1.35. The first kappa shape index (κ1) is 14.7. The standard InChI is InChI=1S/C15H24N2O/c1-4-5-14(16)10-15(18)17-12(3)13-8-6-11(2)7-9-13/h6-9,12,14H,4-5,10,16H2,1-3H3,(H,17,18)/t12-,14?/m0/s1. The Morgan fingerprint density at radius 3 is 2.50 bits per heavy atom. The molecule has 0 aliphatic heterocycles. The van der Waals surface area contributed by atoms with Gasteiger partial charge in [-0.15, -0.1) is 0 Å². The molecule has 0 saturated heterocycles. The van der Waals surface area contributed by atoms with E-state index in [1.807, 2.05) is 19.1 Å². The SMILES string of the molecule is CCCC(N)CC(=O)N[C@@H](C)c1ccc(C)cc1. The molecule has 0 bridgehead atoms. The van der Waals surface area contributed by atoms with Crippen LogP contribution in [-0.2, 0) is 4.79 Å². The van der Waals surface area contributed by atoms with E-state index in [2.05, 4.69) is 31.3 Å². The normalized spacial score (nSPS) is 14.0. The average Bonchev–Trinajstić information content (AvgIpc) is 2.29. The molecule has 100 valence electrons. The zero-order valence-corrected chi connectivity index (χ0v) is 11.6. The highest BCUT2D eigenvalue weighted by atomic mass is 16.1. The summed E-state index contributed by atoms with van der Waals surface area (Å²) in [6, 6.07) is 8.22. The van der Waals surface area contributed by atoms with E-state index in [0.29, 0.717) is 6.42 Å². The molecule has 1 rings (SSSR count). The van der Waals surface area contributed by atoms with Gasteiger partial charge in [0.2, 0.25) is 5.91 Å². The minimum Gasteiger partial charge on any atom is -0.350 e. The van der Waals surface area contributed by atoms with Crippen LogP contribution in [0.4, 0.5) is 0 Å². The number of aryl methyl sites for hydroxylation is 1. The number of carbonyl (C=O) groups is 1. The molecule has 1 aromatic rings. The summed E-state index contributed by atoms with van der Waals surface area (Å²) in [7, 11) is 0. The summed E-state index contributed by atoms with van der Waals surface area (Å²) in [6.45, 7) is 6.12. The molecule has 2 atom stereocenters. The third kappa shape index (κ3) is 4.88. The van der Waals surface area contributed by atoms with Crippen LogP contribution in [0.1, 0.15) is 50.3 Å². The summed E-state index contributed by atoms with van der Waals surface area (Å²) in [4.78, 5) is 11.8. The predicted molar refractivity (Wildman–Crippen MR) is 75.2 cm³/mol. The first-order valence-electron chi connectivity index (χ1n) is 6.64. The number of benzene rings is 1. The Morgan fingerprint density at radius 1 is 1.33 bits per heavy atom. The Labute approximate surface area is 110 Å². The molecule has 0 aromatic heterocycles. The molecule has 1 aromatic carbocycles. The molecule has 0 fully saturated rings. The van der Waals surface area contributed by atoms with Crippen LogP contribution >= 0.6 is 0 Å². The number of amides is 1. The largest absolute Gasteiger partial charge is 0.350 e. The lowest BCUT2D eigenvalue weighted by molar-refractivity contribution is -0.122. The molecule has 3 nitrogen and oxygen atoms in total. The number of hydrogen-bond acceptors (Lipinski definition) is 2. The number of nitrogens with two attached hydrogens (primary N) is 1. The number of nitrogens with one attached hydrogen (secondary N) is 1. The molecule has 0 aliphatic rings. The lowest BCUT2D eigenvalue weighted by atomic mass is 10.1. The monoisotopic (exact) mass is 248 g/mol. The van der Waals surface area contributed by atoms with Crippen LogP contribution in [0.2, 0.25) is 0 Å². The van der Waals surface area contributed by atoms with Crippen molar-refractivity contribution in [3.63, 3.8) is 0 Å². The van der Waals surface area contributed by atoms with Crippen molar-refractivity contribution < 1.29 is 4.79 Å². The van der Waals surface area contributed by atoms with Crippen molar-refractivity contribution in [3.8, 4) is 0 Å². The van der Waals surface area contributed by atoms with Gasteiger partial charge in [-0.25, -0.2) is 0 Å². The van der Waals surface area contributed by atoms with Crippen LogP contribution < -0.4 is 11.1 Å². The molecule has 3 heteroatoms. The van der Waals surface area contributed by atoms with Gasteiger partial charge in [0, 0.05) is 12.5 Å². The lowest BCUT2D eigenvalue weighted by Gasteiger charge is -2.16. The van der Waals surface area contributed by atoms with Gasteiger partial charge >= 0.3 is 0 Å². The Bertz CT molecular complexity index is 373. The van der Waals surface area contributed by atoms with Crippen LogP contribution in [-0.4, -0.2) is 11.9 Å². The predicted octanol–water partition coefficient (Wildman–Crippen LogP) is 2.69. The third-order valence-corrected chi connectivity index (χ3v) is 3.06. The van der Waals surface area contributed by atoms with Crippen LogP contribution in [0, 0.1) is 6.92 Å². The fourth-order valence-corrected chi connectivity index (χ4v) is 1.95. The minimum absolute atomic E-state index is 0.0276. The van der Waals surface area contributed by atoms with Crippen molar-refractivity contribution in [2.24, 2.45) is 5.73 Å². The van der Waals surface area contributed by atoms with Crippen molar-refractivity contribution in [1.29, 1.82) is 0 Å². The average molecular weight is 248 g/mol. The maximum atomic E-state index is 11.8. The van der Waals surface area contributed by atoms with E-state index in [4.69, 9.17) is 5.73 Å². The summed E-state index contributed by atoms with van der Waals surface area (Å²) < 4.78 is 0. The van der Waals surface area contributed by atoms with Gasteiger partial charge in [0.15, 0.2) is 0 Å². The Balaban J connectivity index is 2.46. The van der Waals surface area contributed by atoms with Gasteiger partial charge in [0.05, 0.1) is 6.04 Å². The molecule has 0 radical (unpaired) electrons. The Morgan fingerprint density at radius 2 is 1.94 bits per heavy atom. The fourth-order valence-electron chi connectivity index (χ4n) is 1.95. The molecule has 1 unspecified atom stereocenters. The summed E-state index contributed by atoms with van der Waals surface area (Å²) in [5.74, 6) is 0.0315. The topological polar surface area (TPSA) is 55.1 Å². The lowest BCUT2D eigenvalue weighted by Crippen LogP contribution is -2.33. The van der Waals surface area contributed by atoms with Crippen molar-refractivity contribution in [3.05, 3.63) is 35.4 Å². The van der Waals surface area contributed by atoms with E-state index in [-0.39, 0.29) is 18.0 Å². The maximum absolute atomic E-state index is 11.8. The second-order valence-corrected chi connectivity index (χ2v) is 4.95. The fraction of sp³-hybridized carbons (Fsp3) is 0.533. The number of rotatable bonds is 6. The summed E-state index contributed by atoms with van der Waals surface area (Å²) in [5, 5.41) is 2.99. The zero-order valence-electron chi connectivity index (χ0n) is 11.6. The van der Waals surface area contributed by atoms with Gasteiger partial charge in [-0.3, -0.25) is 4.79 Å².